The maximum atomic E-state index is 12.9. The van der Waals surface area contributed by atoms with Gasteiger partial charge in [0.1, 0.15) is 11.6 Å². The van der Waals surface area contributed by atoms with Crippen molar-refractivity contribution in [2.75, 3.05) is 6.61 Å². The van der Waals surface area contributed by atoms with Crippen molar-refractivity contribution < 1.29 is 9.13 Å². The lowest BCUT2D eigenvalue weighted by Gasteiger charge is -2.19. The van der Waals surface area contributed by atoms with Crippen molar-refractivity contribution in [3.05, 3.63) is 65.5 Å². The standard InChI is InChI=1S/C20H26FNO/c1-15(2)12-13-23-20-7-5-4-6-19(20)16(3)22-14-17-8-10-18(21)11-9-17/h4-11,15-16,22H,12-14H2,1-3H3. The van der Waals surface area contributed by atoms with Gasteiger partial charge in [-0.25, -0.2) is 4.39 Å². The molecule has 0 radical (unpaired) electrons. The van der Waals surface area contributed by atoms with Gasteiger partial charge in [0, 0.05) is 18.2 Å². The van der Waals surface area contributed by atoms with Gasteiger partial charge in [-0.2, -0.15) is 0 Å². The van der Waals surface area contributed by atoms with Gasteiger partial charge in [0.25, 0.3) is 0 Å². The summed E-state index contributed by atoms with van der Waals surface area (Å²) in [5.74, 6) is 1.37. The largest absolute Gasteiger partial charge is 0.493 e. The Balaban J connectivity index is 1.95. The molecule has 0 heterocycles. The quantitative estimate of drug-likeness (QED) is 0.731. The summed E-state index contributed by atoms with van der Waals surface area (Å²) in [6.07, 6.45) is 1.05. The second-order valence-electron chi connectivity index (χ2n) is 6.30. The SMILES string of the molecule is CC(C)CCOc1ccccc1C(C)NCc1ccc(F)cc1. The molecular formula is C20H26FNO. The molecule has 124 valence electrons. The topological polar surface area (TPSA) is 21.3 Å². The monoisotopic (exact) mass is 315 g/mol. The number of para-hydroxylation sites is 1. The van der Waals surface area contributed by atoms with Crippen LogP contribution in [0.2, 0.25) is 0 Å². The number of nitrogens with one attached hydrogen (secondary N) is 1. The first-order valence-electron chi connectivity index (χ1n) is 8.26. The Morgan fingerprint density at radius 3 is 2.39 bits per heavy atom. The maximum absolute atomic E-state index is 12.9. The van der Waals surface area contributed by atoms with Crippen LogP contribution >= 0.6 is 0 Å². The number of benzene rings is 2. The van der Waals surface area contributed by atoms with E-state index in [2.05, 4.69) is 32.2 Å². The number of ether oxygens (including phenoxy) is 1. The normalized spacial score (nSPS) is 12.4. The lowest BCUT2D eigenvalue weighted by atomic mass is 10.1. The van der Waals surface area contributed by atoms with E-state index >= 15 is 0 Å². The summed E-state index contributed by atoms with van der Waals surface area (Å²) in [5.41, 5.74) is 2.22. The predicted octanol–water partition coefficient (Wildman–Crippen LogP) is 5.10. The minimum absolute atomic E-state index is 0.162. The first kappa shape index (κ1) is 17.5. The zero-order valence-corrected chi connectivity index (χ0v) is 14.2. The first-order valence-corrected chi connectivity index (χ1v) is 8.26. The van der Waals surface area contributed by atoms with Crippen molar-refractivity contribution in [3.8, 4) is 5.75 Å². The van der Waals surface area contributed by atoms with E-state index in [9.17, 15) is 4.39 Å². The average Bonchev–Trinajstić information content (AvgIpc) is 2.54. The van der Waals surface area contributed by atoms with Crippen molar-refractivity contribution in [3.63, 3.8) is 0 Å². The zero-order chi connectivity index (χ0) is 16.7. The molecule has 1 unspecified atom stereocenters. The molecule has 2 aromatic rings. The summed E-state index contributed by atoms with van der Waals surface area (Å²) < 4.78 is 18.9. The highest BCUT2D eigenvalue weighted by molar-refractivity contribution is 5.35. The van der Waals surface area contributed by atoms with Gasteiger partial charge in [-0.05, 0) is 43.0 Å². The highest BCUT2D eigenvalue weighted by atomic mass is 19.1. The van der Waals surface area contributed by atoms with Crippen LogP contribution in [-0.2, 0) is 6.54 Å². The van der Waals surface area contributed by atoms with E-state index in [-0.39, 0.29) is 11.9 Å². The minimum atomic E-state index is -0.203. The van der Waals surface area contributed by atoms with Gasteiger partial charge >= 0.3 is 0 Å². The molecule has 23 heavy (non-hydrogen) atoms. The van der Waals surface area contributed by atoms with Crippen LogP contribution in [0.3, 0.4) is 0 Å². The Morgan fingerprint density at radius 2 is 1.70 bits per heavy atom. The third kappa shape index (κ3) is 5.68. The Hall–Kier alpha value is -1.87. The molecule has 0 aliphatic rings. The predicted molar refractivity (Wildman–Crippen MR) is 93.0 cm³/mol. The molecule has 2 rings (SSSR count). The van der Waals surface area contributed by atoms with E-state index in [1.54, 1.807) is 12.1 Å². The average molecular weight is 315 g/mol. The van der Waals surface area contributed by atoms with Crippen LogP contribution in [0.5, 0.6) is 5.75 Å². The lowest BCUT2D eigenvalue weighted by Crippen LogP contribution is -2.19. The molecule has 3 heteroatoms. The van der Waals surface area contributed by atoms with E-state index < -0.39 is 0 Å². The Bertz CT molecular complexity index is 595. The minimum Gasteiger partial charge on any atom is -0.493 e. The molecule has 0 aliphatic carbocycles. The Kier molecular flexibility index (Phi) is 6.60. The fraction of sp³-hybridized carbons (Fsp3) is 0.400. The molecule has 0 aliphatic heterocycles. The Morgan fingerprint density at radius 1 is 1.00 bits per heavy atom. The van der Waals surface area contributed by atoms with Gasteiger partial charge < -0.3 is 10.1 Å². The van der Waals surface area contributed by atoms with Crippen LogP contribution in [-0.4, -0.2) is 6.61 Å². The van der Waals surface area contributed by atoms with E-state index in [0.29, 0.717) is 12.5 Å². The van der Waals surface area contributed by atoms with Crippen molar-refractivity contribution in [2.24, 2.45) is 5.92 Å². The van der Waals surface area contributed by atoms with E-state index in [1.165, 1.54) is 12.1 Å². The molecule has 0 saturated carbocycles. The van der Waals surface area contributed by atoms with Gasteiger partial charge in [0.2, 0.25) is 0 Å². The summed E-state index contributed by atoms with van der Waals surface area (Å²) in [6, 6.07) is 14.9. The lowest BCUT2D eigenvalue weighted by molar-refractivity contribution is 0.284. The van der Waals surface area contributed by atoms with Crippen molar-refractivity contribution in [1.29, 1.82) is 0 Å². The van der Waals surface area contributed by atoms with Crippen molar-refractivity contribution in [1.82, 2.24) is 5.32 Å². The molecule has 0 amide bonds. The number of hydrogen-bond acceptors (Lipinski definition) is 2. The van der Waals surface area contributed by atoms with Gasteiger partial charge in [0.05, 0.1) is 6.61 Å². The van der Waals surface area contributed by atoms with Crippen LogP contribution in [0.25, 0.3) is 0 Å². The molecule has 1 N–H and O–H groups in total. The number of hydrogen-bond donors (Lipinski definition) is 1. The summed E-state index contributed by atoms with van der Waals surface area (Å²) >= 11 is 0. The molecular weight excluding hydrogens is 289 g/mol. The van der Waals surface area contributed by atoms with Gasteiger partial charge in [-0.1, -0.05) is 44.2 Å². The molecule has 0 saturated heterocycles. The van der Waals surface area contributed by atoms with E-state index in [4.69, 9.17) is 4.74 Å². The fourth-order valence-corrected chi connectivity index (χ4v) is 2.36. The number of rotatable bonds is 8. The zero-order valence-electron chi connectivity index (χ0n) is 14.2. The highest BCUT2D eigenvalue weighted by Crippen LogP contribution is 2.25. The molecule has 0 aromatic heterocycles. The van der Waals surface area contributed by atoms with Gasteiger partial charge in [-0.15, -0.1) is 0 Å². The Labute approximate surface area is 138 Å². The van der Waals surface area contributed by atoms with Gasteiger partial charge in [-0.3, -0.25) is 0 Å². The van der Waals surface area contributed by atoms with Crippen LogP contribution < -0.4 is 10.1 Å². The second kappa shape index (κ2) is 8.68. The third-order valence-electron chi connectivity index (χ3n) is 3.86. The van der Waals surface area contributed by atoms with Crippen LogP contribution in [0.4, 0.5) is 4.39 Å². The summed E-state index contributed by atoms with van der Waals surface area (Å²) in [6.45, 7) is 7.94. The number of halogens is 1. The summed E-state index contributed by atoms with van der Waals surface area (Å²) in [7, 11) is 0. The second-order valence-corrected chi connectivity index (χ2v) is 6.30. The molecule has 0 spiro atoms. The van der Waals surface area contributed by atoms with E-state index in [1.807, 2.05) is 18.2 Å². The van der Waals surface area contributed by atoms with Gasteiger partial charge in [0.15, 0.2) is 0 Å². The maximum Gasteiger partial charge on any atom is 0.124 e. The highest BCUT2D eigenvalue weighted by Gasteiger charge is 2.11. The molecule has 1 atom stereocenters. The van der Waals surface area contributed by atoms with E-state index in [0.717, 1.165) is 29.9 Å². The van der Waals surface area contributed by atoms with Crippen LogP contribution in [0.15, 0.2) is 48.5 Å². The summed E-state index contributed by atoms with van der Waals surface area (Å²) in [5, 5.41) is 3.47. The fourth-order valence-electron chi connectivity index (χ4n) is 2.36. The molecule has 2 aromatic carbocycles. The third-order valence-corrected chi connectivity index (χ3v) is 3.86. The van der Waals surface area contributed by atoms with Crippen LogP contribution in [0.1, 0.15) is 44.4 Å². The molecule has 2 nitrogen and oxygen atoms in total. The van der Waals surface area contributed by atoms with Crippen LogP contribution in [0, 0.1) is 11.7 Å². The summed E-state index contributed by atoms with van der Waals surface area (Å²) in [4.78, 5) is 0. The molecule has 0 bridgehead atoms. The first-order chi connectivity index (χ1) is 11.1. The smallest absolute Gasteiger partial charge is 0.124 e. The molecule has 0 fully saturated rings. The van der Waals surface area contributed by atoms with Crippen molar-refractivity contribution >= 4 is 0 Å². The van der Waals surface area contributed by atoms with Crippen molar-refractivity contribution in [2.45, 2.75) is 39.8 Å².